The smallest absolute Gasteiger partial charge is 0.131 e. The number of hydrogen-bond donors (Lipinski definition) is 0. The molecule has 166 valence electrons. The topological polar surface area (TPSA) is 27.7 Å². The minimum absolute atomic E-state index is 0.667. The van der Waals surface area contributed by atoms with E-state index >= 15 is 0 Å². The first kappa shape index (κ1) is 21.6. The van der Waals surface area contributed by atoms with Crippen molar-refractivity contribution in [3.63, 3.8) is 0 Å². The Hall–Kier alpha value is -4.21. The number of para-hydroxylation sites is 1. The summed E-state index contributed by atoms with van der Waals surface area (Å²) in [6.07, 6.45) is 0. The molecular weight excluding hydrogens is 444 g/mol. The minimum Gasteiger partial charge on any atom is -0.457 e. The molecule has 0 aromatic heterocycles. The van der Waals surface area contributed by atoms with Crippen molar-refractivity contribution in [2.24, 2.45) is 0 Å². The molecule has 0 heterocycles. The molecule has 0 N–H and O–H groups in total. The molecule has 5 aromatic carbocycles. The van der Waals surface area contributed by atoms with Crippen LogP contribution in [0.3, 0.4) is 0 Å². The normalized spacial score (nSPS) is 10.5. The van der Waals surface area contributed by atoms with Gasteiger partial charge in [0.1, 0.15) is 34.5 Å². The average molecular weight is 465 g/mol. The lowest BCUT2D eigenvalue weighted by Gasteiger charge is -2.11. The molecule has 0 fully saturated rings. The van der Waals surface area contributed by atoms with Crippen LogP contribution in [0.2, 0.25) is 5.02 Å². The molecule has 0 aliphatic heterocycles. The Balaban J connectivity index is 1.30. The number of halogens is 1. The van der Waals surface area contributed by atoms with Gasteiger partial charge >= 0.3 is 0 Å². The zero-order valence-corrected chi connectivity index (χ0v) is 19.0. The van der Waals surface area contributed by atoms with Gasteiger partial charge in [-0.15, -0.1) is 0 Å². The second-order valence-corrected chi connectivity index (χ2v) is 8.04. The van der Waals surface area contributed by atoms with Crippen LogP contribution in [0.5, 0.6) is 34.5 Å². The molecule has 0 saturated heterocycles. The predicted molar refractivity (Wildman–Crippen MR) is 136 cm³/mol. The predicted octanol–water partition coefficient (Wildman–Crippen LogP) is 9.38. The summed E-state index contributed by atoms with van der Waals surface area (Å²) in [7, 11) is 0. The van der Waals surface area contributed by atoms with Crippen LogP contribution >= 0.6 is 11.6 Å². The standard InChI is InChI=1S/C30H21ClO3/c31-24-10-4-8-22(18-24)23-9-5-13-26(19-23)33-28-15-7-17-30(21-28)34-29-16-6-14-27(20-29)32-25-11-2-1-3-12-25/h1-21H. The Labute approximate surface area is 203 Å². The third-order valence-corrected chi connectivity index (χ3v) is 5.29. The van der Waals surface area contributed by atoms with Gasteiger partial charge in [0, 0.05) is 17.2 Å². The Morgan fingerprint density at radius 2 is 0.765 bits per heavy atom. The molecule has 3 nitrogen and oxygen atoms in total. The van der Waals surface area contributed by atoms with Crippen LogP contribution in [0.15, 0.2) is 127 Å². The molecule has 0 saturated carbocycles. The highest BCUT2D eigenvalue weighted by molar-refractivity contribution is 6.30. The molecule has 0 atom stereocenters. The van der Waals surface area contributed by atoms with Crippen molar-refractivity contribution < 1.29 is 14.2 Å². The summed E-state index contributed by atoms with van der Waals surface area (Å²) in [6, 6.07) is 40.4. The first-order valence-corrected chi connectivity index (χ1v) is 11.2. The summed E-state index contributed by atoms with van der Waals surface area (Å²) < 4.78 is 18.1. The maximum Gasteiger partial charge on any atom is 0.131 e. The first-order chi connectivity index (χ1) is 16.7. The largest absolute Gasteiger partial charge is 0.457 e. The first-order valence-electron chi connectivity index (χ1n) is 10.9. The van der Waals surface area contributed by atoms with E-state index in [4.69, 9.17) is 25.8 Å². The Bertz CT molecular complexity index is 1400. The van der Waals surface area contributed by atoms with Gasteiger partial charge in [0.05, 0.1) is 0 Å². The van der Waals surface area contributed by atoms with Crippen molar-refractivity contribution in [3.8, 4) is 45.6 Å². The second kappa shape index (κ2) is 10.2. The van der Waals surface area contributed by atoms with Crippen molar-refractivity contribution in [1.29, 1.82) is 0 Å². The van der Waals surface area contributed by atoms with Gasteiger partial charge in [0.2, 0.25) is 0 Å². The van der Waals surface area contributed by atoms with Crippen LogP contribution in [0.4, 0.5) is 0 Å². The second-order valence-electron chi connectivity index (χ2n) is 7.61. The van der Waals surface area contributed by atoms with Gasteiger partial charge < -0.3 is 14.2 Å². The summed E-state index contributed by atoms with van der Waals surface area (Å²) in [4.78, 5) is 0. The van der Waals surface area contributed by atoms with Crippen LogP contribution < -0.4 is 14.2 Å². The highest BCUT2D eigenvalue weighted by Gasteiger charge is 2.06. The highest BCUT2D eigenvalue weighted by atomic mass is 35.5. The zero-order valence-electron chi connectivity index (χ0n) is 18.2. The van der Waals surface area contributed by atoms with E-state index in [2.05, 4.69) is 0 Å². The monoisotopic (exact) mass is 464 g/mol. The summed E-state index contributed by atoms with van der Waals surface area (Å²) in [5.41, 5.74) is 2.07. The third-order valence-electron chi connectivity index (χ3n) is 5.05. The van der Waals surface area contributed by atoms with E-state index in [9.17, 15) is 0 Å². The number of rotatable bonds is 7. The highest BCUT2D eigenvalue weighted by Crippen LogP contribution is 2.32. The molecule has 0 aliphatic rings. The summed E-state index contributed by atoms with van der Waals surface area (Å²) >= 11 is 6.15. The summed E-state index contributed by atoms with van der Waals surface area (Å²) in [6.45, 7) is 0. The SMILES string of the molecule is Clc1cccc(-c2cccc(Oc3cccc(Oc4cccc(Oc5ccccc5)c4)c3)c2)c1. The lowest BCUT2D eigenvalue weighted by Crippen LogP contribution is -1.89. The van der Waals surface area contributed by atoms with Crippen LogP contribution in [0, 0.1) is 0 Å². The molecular formula is C30H21ClO3. The summed E-state index contributed by atoms with van der Waals surface area (Å²) in [5.74, 6) is 4.23. The Kier molecular flexibility index (Phi) is 6.46. The van der Waals surface area contributed by atoms with E-state index in [0.717, 1.165) is 22.6 Å². The number of benzene rings is 5. The van der Waals surface area contributed by atoms with E-state index in [0.29, 0.717) is 28.0 Å². The van der Waals surface area contributed by atoms with Crippen LogP contribution in [-0.4, -0.2) is 0 Å². The van der Waals surface area contributed by atoms with Gasteiger partial charge in [-0.3, -0.25) is 0 Å². The van der Waals surface area contributed by atoms with E-state index < -0.39 is 0 Å². The molecule has 4 heteroatoms. The van der Waals surface area contributed by atoms with Crippen molar-refractivity contribution in [3.05, 3.63) is 132 Å². The maximum absolute atomic E-state index is 6.15. The number of ether oxygens (including phenoxy) is 3. The molecule has 0 bridgehead atoms. The molecule has 0 radical (unpaired) electrons. The molecule has 34 heavy (non-hydrogen) atoms. The minimum atomic E-state index is 0.667. The van der Waals surface area contributed by atoms with Crippen LogP contribution in [0.25, 0.3) is 11.1 Å². The maximum atomic E-state index is 6.15. The van der Waals surface area contributed by atoms with Gasteiger partial charge in [-0.05, 0) is 71.8 Å². The fraction of sp³-hybridized carbons (Fsp3) is 0. The Morgan fingerprint density at radius 3 is 1.32 bits per heavy atom. The fourth-order valence-corrected chi connectivity index (χ4v) is 3.70. The van der Waals surface area contributed by atoms with Gasteiger partial charge in [-0.25, -0.2) is 0 Å². The van der Waals surface area contributed by atoms with Crippen molar-refractivity contribution >= 4 is 11.6 Å². The molecule has 0 aliphatic carbocycles. The molecule has 0 spiro atoms. The van der Waals surface area contributed by atoms with E-state index in [-0.39, 0.29) is 0 Å². The van der Waals surface area contributed by atoms with Gasteiger partial charge in [-0.1, -0.05) is 66.2 Å². The van der Waals surface area contributed by atoms with Crippen molar-refractivity contribution in [2.45, 2.75) is 0 Å². The summed E-state index contributed by atoms with van der Waals surface area (Å²) in [5, 5.41) is 0.701. The van der Waals surface area contributed by atoms with Crippen LogP contribution in [0.1, 0.15) is 0 Å². The van der Waals surface area contributed by atoms with E-state index in [1.807, 2.05) is 127 Å². The van der Waals surface area contributed by atoms with Gasteiger partial charge in [0.15, 0.2) is 0 Å². The average Bonchev–Trinajstić information content (AvgIpc) is 2.85. The lowest BCUT2D eigenvalue weighted by atomic mass is 10.1. The third kappa shape index (κ3) is 5.58. The van der Waals surface area contributed by atoms with Gasteiger partial charge in [0.25, 0.3) is 0 Å². The zero-order chi connectivity index (χ0) is 23.2. The van der Waals surface area contributed by atoms with Gasteiger partial charge in [-0.2, -0.15) is 0 Å². The fourth-order valence-electron chi connectivity index (χ4n) is 3.51. The van der Waals surface area contributed by atoms with E-state index in [1.165, 1.54) is 0 Å². The molecule has 0 amide bonds. The lowest BCUT2D eigenvalue weighted by molar-refractivity contribution is 0.451. The Morgan fingerprint density at radius 1 is 0.353 bits per heavy atom. The number of hydrogen-bond acceptors (Lipinski definition) is 3. The van der Waals surface area contributed by atoms with Crippen LogP contribution in [-0.2, 0) is 0 Å². The van der Waals surface area contributed by atoms with Crippen molar-refractivity contribution in [2.75, 3.05) is 0 Å². The molecule has 5 rings (SSSR count). The van der Waals surface area contributed by atoms with E-state index in [1.54, 1.807) is 0 Å². The van der Waals surface area contributed by atoms with Crippen molar-refractivity contribution in [1.82, 2.24) is 0 Å². The molecule has 5 aromatic rings. The molecule has 0 unspecified atom stereocenters. The quantitative estimate of drug-likeness (QED) is 0.240.